The predicted octanol–water partition coefficient (Wildman–Crippen LogP) is 3.47. The largest absolute Gasteiger partial charge is 0.508 e. The first kappa shape index (κ1) is 32.7. The minimum atomic E-state index is -1.12. The number of amidine groups is 1. The van der Waals surface area contributed by atoms with E-state index in [2.05, 4.69) is 20.9 Å². The monoisotopic (exact) mass is 638 g/mol. The van der Waals surface area contributed by atoms with Gasteiger partial charge in [0.1, 0.15) is 23.0 Å². The molecule has 0 saturated heterocycles. The van der Waals surface area contributed by atoms with Crippen LogP contribution < -0.4 is 32.1 Å². The number of carbonyl (C=O) groups is 1. The molecule has 0 atom stereocenters. The topological polar surface area (TPSA) is 164 Å². The van der Waals surface area contributed by atoms with Crippen molar-refractivity contribution < 1.29 is 24.4 Å². The standard InChI is InChI=1S/C32H36ClN5O5S/c33-19-29(34)36-14-5-4-13-35-12-2-1-3-15-37-32(44)38-20-6-9-23(26(16-20)31(41)42)30-24-10-7-21(39)17-27(24)43-28-18-22(40)8-11-25(28)30/h6-11,16-18,35,39H,1-5,12-15,19H2,(H2,34,36)(H,41,42)(H2,37,38,44)/p+1. The van der Waals surface area contributed by atoms with E-state index in [4.69, 9.17) is 34.0 Å². The minimum Gasteiger partial charge on any atom is -0.508 e. The van der Waals surface area contributed by atoms with Gasteiger partial charge in [0.25, 0.3) is 5.84 Å². The summed E-state index contributed by atoms with van der Waals surface area (Å²) in [5, 5.41) is 30.9. The molecule has 1 aliphatic carbocycles. The van der Waals surface area contributed by atoms with E-state index in [1.807, 2.05) is 0 Å². The molecular formula is C32H37ClN5O5S+. The maximum absolute atomic E-state index is 12.4. The normalized spacial score (nSPS) is 11.6. The van der Waals surface area contributed by atoms with Crippen molar-refractivity contribution in [1.29, 1.82) is 0 Å². The van der Waals surface area contributed by atoms with Crippen LogP contribution >= 0.6 is 23.8 Å². The Balaban J connectivity index is 1.33. The molecule has 0 fully saturated rings. The highest BCUT2D eigenvalue weighted by Gasteiger charge is 2.22. The number of aromatic hydroxyl groups is 1. The van der Waals surface area contributed by atoms with Gasteiger partial charge >= 0.3 is 5.97 Å². The molecule has 2 aromatic rings. The van der Waals surface area contributed by atoms with E-state index >= 15 is 0 Å². The van der Waals surface area contributed by atoms with Gasteiger partial charge in [0, 0.05) is 40.9 Å². The molecule has 0 spiro atoms. The number of alkyl halides is 1. The van der Waals surface area contributed by atoms with Crippen molar-refractivity contribution in [3.05, 3.63) is 70.4 Å². The van der Waals surface area contributed by atoms with E-state index < -0.39 is 5.97 Å². The molecular weight excluding hydrogens is 602 g/mol. The van der Waals surface area contributed by atoms with Gasteiger partial charge in [-0.1, -0.05) is 12.5 Å². The van der Waals surface area contributed by atoms with Gasteiger partial charge in [-0.2, -0.15) is 0 Å². The summed E-state index contributed by atoms with van der Waals surface area (Å²) < 4.78 is 5.89. The van der Waals surface area contributed by atoms with Crippen molar-refractivity contribution in [2.75, 3.05) is 37.4 Å². The summed E-state index contributed by atoms with van der Waals surface area (Å²) in [5.41, 5.74) is 7.90. The van der Waals surface area contributed by atoms with Crippen molar-refractivity contribution in [2.24, 2.45) is 5.73 Å². The third-order valence-electron chi connectivity index (χ3n) is 7.05. The number of nitrogens with two attached hydrogens (primary N) is 1. The van der Waals surface area contributed by atoms with Gasteiger partial charge in [0.05, 0.1) is 12.1 Å². The Bertz CT molecular complexity index is 1670. The van der Waals surface area contributed by atoms with Crippen LogP contribution in [0.25, 0.3) is 33.4 Å². The minimum absolute atomic E-state index is 0.00995. The Morgan fingerprint density at radius 2 is 1.70 bits per heavy atom. The molecule has 0 unspecified atom stereocenters. The summed E-state index contributed by atoms with van der Waals surface area (Å²) in [6.07, 6.45) is 5.14. The summed E-state index contributed by atoms with van der Waals surface area (Å²) >= 11 is 11.1. The van der Waals surface area contributed by atoms with Gasteiger partial charge in [-0.3, -0.25) is 15.5 Å². The molecule has 12 heteroatoms. The lowest BCUT2D eigenvalue weighted by Gasteiger charge is -2.18. The lowest BCUT2D eigenvalue weighted by atomic mass is 9.90. The summed E-state index contributed by atoms with van der Waals surface area (Å²) in [4.78, 5) is 27.5. The second kappa shape index (κ2) is 16.0. The first-order valence-electron chi connectivity index (χ1n) is 14.5. The van der Waals surface area contributed by atoms with Gasteiger partial charge in [0.2, 0.25) is 0 Å². The van der Waals surface area contributed by atoms with Gasteiger partial charge in [-0.25, -0.2) is 4.79 Å². The number of carboxylic acid groups (broad SMARTS) is 1. The van der Waals surface area contributed by atoms with Crippen LogP contribution in [0.4, 0.5) is 5.69 Å². The van der Waals surface area contributed by atoms with E-state index in [1.165, 1.54) is 30.3 Å². The molecule has 1 heterocycles. The van der Waals surface area contributed by atoms with E-state index in [0.29, 0.717) is 62.5 Å². The molecule has 232 valence electrons. The van der Waals surface area contributed by atoms with Crippen LogP contribution in [0.2, 0.25) is 0 Å². The molecule has 44 heavy (non-hydrogen) atoms. The fourth-order valence-corrected chi connectivity index (χ4v) is 5.21. The molecule has 10 nitrogen and oxygen atoms in total. The molecule has 8 N–H and O–H groups in total. The molecule has 2 aromatic carbocycles. The van der Waals surface area contributed by atoms with Gasteiger partial charge < -0.3 is 30.6 Å². The maximum Gasteiger partial charge on any atom is 0.336 e. The third kappa shape index (κ3) is 8.91. The first-order valence-corrected chi connectivity index (χ1v) is 15.4. The van der Waals surface area contributed by atoms with Crippen molar-refractivity contribution in [2.45, 2.75) is 32.1 Å². The average Bonchev–Trinajstić information content (AvgIpc) is 3.00. The van der Waals surface area contributed by atoms with Crippen molar-refractivity contribution in [3.8, 4) is 28.2 Å². The van der Waals surface area contributed by atoms with Crippen molar-refractivity contribution >= 4 is 57.4 Å². The molecule has 0 radical (unpaired) electrons. The number of hydrogen-bond donors (Lipinski definition) is 7. The number of anilines is 1. The van der Waals surface area contributed by atoms with Gasteiger partial charge in [0.15, 0.2) is 10.5 Å². The van der Waals surface area contributed by atoms with Crippen LogP contribution in [-0.4, -0.2) is 59.2 Å². The summed E-state index contributed by atoms with van der Waals surface area (Å²) in [7, 11) is 0. The molecule has 1 aliphatic heterocycles. The van der Waals surface area contributed by atoms with E-state index in [0.717, 1.165) is 51.7 Å². The summed E-state index contributed by atoms with van der Waals surface area (Å²) in [6.45, 7) is 3.44. The van der Waals surface area contributed by atoms with Crippen LogP contribution in [0.15, 0.2) is 63.8 Å². The number of phenols is 1. The van der Waals surface area contributed by atoms with Crippen LogP contribution in [0, 0.1) is 0 Å². The van der Waals surface area contributed by atoms with Crippen LogP contribution in [0.5, 0.6) is 5.75 Å². The average molecular weight is 639 g/mol. The molecule has 4 rings (SSSR count). The highest BCUT2D eigenvalue weighted by molar-refractivity contribution is 7.80. The number of hydrogen-bond acceptors (Lipinski definition) is 6. The van der Waals surface area contributed by atoms with Crippen LogP contribution in [-0.2, 0) is 0 Å². The van der Waals surface area contributed by atoms with Gasteiger partial charge in [-0.15, -0.1) is 11.6 Å². The van der Waals surface area contributed by atoms with E-state index in [9.17, 15) is 19.8 Å². The Morgan fingerprint density at radius 3 is 2.48 bits per heavy atom. The SMILES string of the molecule is NC(CCl)=[NH+]CCCCNCCCCCNC(=S)Nc1ccc(-c2c3ccc(=O)cc-3oc3cc(O)ccc23)c(C(=O)O)c1. The zero-order chi connectivity index (χ0) is 31.5. The van der Waals surface area contributed by atoms with Gasteiger partial charge in [-0.05, 0) is 93.0 Å². The molecule has 0 saturated carbocycles. The zero-order valence-electron chi connectivity index (χ0n) is 24.2. The molecule has 2 aliphatic rings. The highest BCUT2D eigenvalue weighted by atomic mass is 35.5. The zero-order valence-corrected chi connectivity index (χ0v) is 25.8. The number of phenolic OH excluding ortho intramolecular Hbond substituents is 1. The maximum atomic E-state index is 12.4. The van der Waals surface area contributed by atoms with Crippen LogP contribution in [0.1, 0.15) is 42.5 Å². The number of carboxylic acids is 1. The Morgan fingerprint density at radius 1 is 0.955 bits per heavy atom. The first-order chi connectivity index (χ1) is 21.3. The fourth-order valence-electron chi connectivity index (χ4n) is 4.89. The van der Waals surface area contributed by atoms with Crippen molar-refractivity contribution in [3.63, 3.8) is 0 Å². The number of aromatic carboxylic acids is 1. The van der Waals surface area contributed by atoms with Crippen LogP contribution in [0.3, 0.4) is 0 Å². The number of thiocarbonyl (C=S) groups is 1. The van der Waals surface area contributed by atoms with E-state index in [-0.39, 0.29) is 16.7 Å². The summed E-state index contributed by atoms with van der Waals surface area (Å²) in [6, 6.07) is 14.0. The van der Waals surface area contributed by atoms with E-state index in [1.54, 1.807) is 24.3 Å². The highest BCUT2D eigenvalue weighted by Crippen LogP contribution is 2.42. The quantitative estimate of drug-likeness (QED) is 0.0256. The number of halogens is 1. The Labute approximate surface area is 265 Å². The third-order valence-corrected chi connectivity index (χ3v) is 7.58. The summed E-state index contributed by atoms with van der Waals surface area (Å²) in [5.74, 6) is 0.0988. The second-order valence-corrected chi connectivity index (χ2v) is 11.0. The molecule has 0 aromatic heterocycles. The number of benzene rings is 3. The number of nitrogens with one attached hydrogen (secondary N) is 4. The number of unbranched alkanes of at least 4 members (excludes halogenated alkanes) is 3. The predicted molar refractivity (Wildman–Crippen MR) is 179 cm³/mol. The second-order valence-electron chi connectivity index (χ2n) is 10.4. The van der Waals surface area contributed by atoms with Crippen molar-refractivity contribution in [1.82, 2.24) is 10.6 Å². The fraction of sp³-hybridized carbons (Fsp3) is 0.312. The Hall–Kier alpha value is -4.19. The smallest absolute Gasteiger partial charge is 0.336 e. The number of fused-ring (bicyclic) bond motifs is 2. The lowest BCUT2D eigenvalue weighted by Crippen LogP contribution is -2.76. The molecule has 0 amide bonds. The molecule has 0 bridgehead atoms. The number of rotatable bonds is 15. The Kier molecular flexibility index (Phi) is 11.9. The lowest BCUT2D eigenvalue weighted by molar-refractivity contribution is -0.459.